The largest absolute Gasteiger partial charge is 0.379 e. The highest BCUT2D eigenvalue weighted by Crippen LogP contribution is 3.02. The van der Waals surface area contributed by atoms with Crippen LogP contribution >= 0.6 is 10.2 Å². The molecule has 2 aliphatic rings. The summed E-state index contributed by atoms with van der Waals surface area (Å²) >= 11 is 0. The van der Waals surface area contributed by atoms with Crippen LogP contribution in [0.2, 0.25) is 0 Å². The topological polar surface area (TPSA) is 98.6 Å². The Morgan fingerprint density at radius 2 is 1.79 bits per heavy atom. The molecule has 0 radical (unpaired) electrons. The van der Waals surface area contributed by atoms with Gasteiger partial charge in [0.1, 0.15) is 17.0 Å². The minimum absolute atomic E-state index is 0.0722. The lowest BCUT2D eigenvalue weighted by atomic mass is 9.84. The van der Waals surface area contributed by atoms with Gasteiger partial charge in [0.2, 0.25) is 5.91 Å². The van der Waals surface area contributed by atoms with Gasteiger partial charge in [-0.05, 0) is 56.0 Å². The first kappa shape index (κ1) is 31.5. The predicted octanol–water partition coefficient (Wildman–Crippen LogP) is 6.47. The smallest absolute Gasteiger partial charge is 0.310 e. The molecule has 4 unspecified atom stereocenters. The first-order chi connectivity index (χ1) is 19.6. The number of carbonyl (C=O) groups excluding carboxylic acids is 2. The lowest BCUT2D eigenvalue weighted by Gasteiger charge is -2.41. The third kappa shape index (κ3) is 7.12. The molecule has 4 atom stereocenters. The minimum Gasteiger partial charge on any atom is -0.379 e. The molecule has 8 nitrogen and oxygen atoms in total. The summed E-state index contributed by atoms with van der Waals surface area (Å²) in [4.78, 5) is 32.3. The number of methoxy groups -OCH3 is 1. The van der Waals surface area contributed by atoms with Gasteiger partial charge in [0.15, 0.2) is 6.19 Å². The van der Waals surface area contributed by atoms with E-state index in [-0.39, 0.29) is 48.3 Å². The van der Waals surface area contributed by atoms with E-state index >= 15 is 0 Å². The van der Waals surface area contributed by atoms with Crippen LogP contribution in [0.1, 0.15) is 57.1 Å². The zero-order valence-electron chi connectivity index (χ0n) is 23.3. The molecule has 2 amide bonds. The summed E-state index contributed by atoms with van der Waals surface area (Å²) in [6.45, 7) is 1.95. The lowest BCUT2D eigenvalue weighted by Crippen LogP contribution is -2.52. The van der Waals surface area contributed by atoms with E-state index in [9.17, 15) is 34.3 Å². The number of rotatable bonds is 9. The second-order valence-electron chi connectivity index (χ2n) is 10.9. The highest BCUT2D eigenvalue weighted by molar-refractivity contribution is 8.45. The monoisotopic (exact) mass is 615 g/mol. The fraction of sp³-hybridized carbons (Fsp3) is 0.500. The van der Waals surface area contributed by atoms with Crippen molar-refractivity contribution < 1.29 is 33.8 Å². The van der Waals surface area contributed by atoms with E-state index in [1.807, 2.05) is 13.1 Å². The van der Waals surface area contributed by atoms with Crippen LogP contribution in [0.15, 0.2) is 53.7 Å². The maximum Gasteiger partial charge on any atom is 0.310 e. The standard InChI is InChI=1S/C28H34F5N5O3S/c1-19(20-7-4-3-5-8-20)36-27(39)26(21-9-6-14-35-16-21)38(28(40)25-15-23(41-2)17-37(25)18-34)22-10-12-24(13-11-22)42(29,30,31,32)33/h6,9-14,16,19-20,23,25-26H,3-5,7-8,15,17H2,1-2H3,(H,36,39). The number of nitriles is 1. The zero-order valence-corrected chi connectivity index (χ0v) is 24.1. The first-order valence-corrected chi connectivity index (χ1v) is 15.6. The fourth-order valence-corrected chi connectivity index (χ4v) is 6.40. The number of aromatic nitrogens is 1. The Hall–Kier alpha value is -3.44. The third-order valence-corrected chi connectivity index (χ3v) is 9.20. The van der Waals surface area contributed by atoms with E-state index in [1.165, 1.54) is 30.5 Å². The Bertz CT molecular complexity index is 1320. The van der Waals surface area contributed by atoms with Gasteiger partial charge in [-0.2, -0.15) is 5.26 Å². The molecule has 4 rings (SSSR count). The molecule has 1 N–H and O–H groups in total. The van der Waals surface area contributed by atoms with Gasteiger partial charge in [-0.1, -0.05) is 44.8 Å². The molecule has 42 heavy (non-hydrogen) atoms. The van der Waals surface area contributed by atoms with Crippen molar-refractivity contribution in [3.05, 3.63) is 54.4 Å². The van der Waals surface area contributed by atoms with Crippen LogP contribution in [0, 0.1) is 17.4 Å². The molecule has 1 aromatic heterocycles. The number of benzene rings is 1. The average molecular weight is 616 g/mol. The minimum atomic E-state index is -10.0. The Morgan fingerprint density at radius 1 is 1.12 bits per heavy atom. The second-order valence-corrected chi connectivity index (χ2v) is 13.3. The quantitative estimate of drug-likeness (QED) is 0.257. The van der Waals surface area contributed by atoms with Crippen molar-refractivity contribution in [2.45, 2.75) is 74.6 Å². The summed E-state index contributed by atoms with van der Waals surface area (Å²) in [7, 11) is -8.59. The van der Waals surface area contributed by atoms with Crippen molar-refractivity contribution in [2.75, 3.05) is 18.6 Å². The Kier molecular flexibility index (Phi) is 8.50. The number of hydrogen-bond donors (Lipinski definition) is 1. The van der Waals surface area contributed by atoms with Gasteiger partial charge in [-0.15, -0.1) is 0 Å². The van der Waals surface area contributed by atoms with Gasteiger partial charge in [-0.3, -0.25) is 24.4 Å². The highest BCUT2D eigenvalue weighted by atomic mass is 32.5. The zero-order chi connectivity index (χ0) is 30.8. The van der Waals surface area contributed by atoms with Gasteiger partial charge in [0.05, 0.1) is 12.6 Å². The van der Waals surface area contributed by atoms with Gasteiger partial charge < -0.3 is 10.1 Å². The Balaban J connectivity index is 1.80. The van der Waals surface area contributed by atoms with E-state index in [1.54, 1.807) is 6.07 Å². The summed E-state index contributed by atoms with van der Waals surface area (Å²) in [5.74, 6) is -1.19. The SMILES string of the molecule is COC1CC(C(=O)N(c2ccc(S(F)(F)(F)(F)F)cc2)C(C(=O)NC(C)C2CCCCC2)c2cccnc2)N(C#N)C1. The molecule has 2 heterocycles. The summed E-state index contributed by atoms with van der Waals surface area (Å²) < 4.78 is 73.0. The van der Waals surface area contributed by atoms with Crippen molar-refractivity contribution in [1.29, 1.82) is 5.26 Å². The van der Waals surface area contributed by atoms with E-state index in [0.29, 0.717) is 0 Å². The van der Waals surface area contributed by atoms with Crippen LogP contribution in [0.25, 0.3) is 0 Å². The van der Waals surface area contributed by atoms with Crippen molar-refractivity contribution in [2.24, 2.45) is 5.92 Å². The molecular weight excluding hydrogens is 581 g/mol. The predicted molar refractivity (Wildman–Crippen MR) is 148 cm³/mol. The van der Waals surface area contributed by atoms with Crippen LogP contribution in [-0.4, -0.2) is 53.5 Å². The van der Waals surface area contributed by atoms with Gasteiger partial charge in [0, 0.05) is 43.2 Å². The maximum atomic E-state index is 14.2. The van der Waals surface area contributed by atoms with Crippen molar-refractivity contribution in [3.63, 3.8) is 0 Å². The maximum absolute atomic E-state index is 14.2. The van der Waals surface area contributed by atoms with Crippen molar-refractivity contribution in [3.8, 4) is 6.19 Å². The van der Waals surface area contributed by atoms with Crippen LogP contribution in [0.5, 0.6) is 0 Å². The molecule has 230 valence electrons. The number of nitrogens with zero attached hydrogens (tertiary/aromatic N) is 4. The molecule has 1 aliphatic heterocycles. The molecule has 1 saturated heterocycles. The van der Waals surface area contributed by atoms with Gasteiger partial charge in [-0.25, -0.2) is 0 Å². The highest BCUT2D eigenvalue weighted by Gasteiger charge is 2.65. The van der Waals surface area contributed by atoms with Gasteiger partial charge in [0.25, 0.3) is 5.91 Å². The third-order valence-electron chi connectivity index (χ3n) is 8.04. The Labute approximate surface area is 241 Å². The summed E-state index contributed by atoms with van der Waals surface area (Å²) in [5, 5.41) is 12.7. The number of hydrogen-bond acceptors (Lipinski definition) is 6. The molecule has 2 aromatic rings. The number of carbonyl (C=O) groups is 2. The van der Waals surface area contributed by atoms with Crippen LogP contribution in [0.3, 0.4) is 0 Å². The molecule has 14 heteroatoms. The first-order valence-electron chi connectivity index (χ1n) is 13.7. The number of amides is 2. The number of ether oxygens (including phenoxy) is 1. The molecule has 0 spiro atoms. The van der Waals surface area contributed by atoms with Crippen LogP contribution < -0.4 is 10.2 Å². The number of likely N-dealkylation sites (tertiary alicyclic amines) is 1. The van der Waals surface area contributed by atoms with Crippen LogP contribution in [0.4, 0.5) is 25.1 Å². The summed E-state index contributed by atoms with van der Waals surface area (Å²) in [6, 6.07) is 2.16. The van der Waals surface area contributed by atoms with Gasteiger partial charge >= 0.3 is 10.2 Å². The molecule has 2 fully saturated rings. The Morgan fingerprint density at radius 3 is 2.33 bits per heavy atom. The van der Waals surface area contributed by atoms with E-state index < -0.39 is 45.1 Å². The second kappa shape index (κ2) is 11.3. The van der Waals surface area contributed by atoms with Crippen molar-refractivity contribution >= 4 is 27.7 Å². The number of pyridine rings is 1. The molecule has 1 aliphatic carbocycles. The molecular formula is C28H34F5N5O3S. The van der Waals surface area contributed by atoms with Crippen molar-refractivity contribution in [1.82, 2.24) is 15.2 Å². The van der Waals surface area contributed by atoms with E-state index in [2.05, 4.69) is 10.3 Å². The average Bonchev–Trinajstić information content (AvgIpc) is 3.39. The van der Waals surface area contributed by atoms with E-state index in [4.69, 9.17) is 4.74 Å². The number of anilines is 1. The van der Waals surface area contributed by atoms with Crippen LogP contribution in [-0.2, 0) is 14.3 Å². The summed E-state index contributed by atoms with van der Waals surface area (Å²) in [5.41, 5.74) is 0.0273. The van der Waals surface area contributed by atoms with E-state index in [0.717, 1.165) is 49.1 Å². The fourth-order valence-electron chi connectivity index (χ4n) is 5.75. The molecule has 0 bridgehead atoms. The number of nitrogens with one attached hydrogen (secondary N) is 1. The normalized spacial score (nSPS) is 22.8. The number of halogens is 5. The molecule has 1 aromatic carbocycles. The summed E-state index contributed by atoms with van der Waals surface area (Å²) in [6.07, 6.45) is 9.29. The molecule has 1 saturated carbocycles. The lowest BCUT2D eigenvalue weighted by molar-refractivity contribution is -0.128.